The summed E-state index contributed by atoms with van der Waals surface area (Å²) in [6.45, 7) is 0. The zero-order valence-corrected chi connectivity index (χ0v) is 16.7. The van der Waals surface area contributed by atoms with Crippen LogP contribution in [0.15, 0.2) is 22.9 Å². The number of aromatic amines is 1. The molecule has 0 radical (unpaired) electrons. The molecule has 1 unspecified atom stereocenters. The molecule has 5 atom stereocenters. The second kappa shape index (κ2) is 6.28. The van der Waals surface area contributed by atoms with Gasteiger partial charge >= 0.3 is 11.8 Å². The van der Waals surface area contributed by atoms with E-state index in [1.165, 1.54) is 7.05 Å². The predicted molar refractivity (Wildman–Crippen MR) is 109 cm³/mol. The molecular formula is C21H24N6O3. The highest BCUT2D eigenvalue weighted by atomic mass is 16.4. The molecule has 4 N–H and O–H groups in total. The van der Waals surface area contributed by atoms with Crippen molar-refractivity contribution >= 4 is 22.6 Å². The standard InChI is InChI=1S/C21H24N6O3/c1-22-18(28)20-27-26-19(30-20)14-9-24-17-13(2-3-23-17)16(14)25-15-11-4-10-5-12(15)8-21(29,6-10)7-11/h2-3,9-12,15,29H,4-8H2,1H3,(H,22,28)(H2,23,24,25)/t10?,11-,12+,15+,21-. The van der Waals surface area contributed by atoms with Gasteiger partial charge in [-0.15, -0.1) is 10.2 Å². The largest absolute Gasteiger partial charge is 0.412 e. The summed E-state index contributed by atoms with van der Waals surface area (Å²) in [6.07, 6.45) is 8.55. The molecule has 4 saturated carbocycles. The van der Waals surface area contributed by atoms with Crippen LogP contribution in [0.5, 0.6) is 0 Å². The molecule has 0 spiro atoms. The fraction of sp³-hybridized carbons (Fsp3) is 0.524. The van der Waals surface area contributed by atoms with Crippen LogP contribution < -0.4 is 10.6 Å². The Balaban J connectivity index is 1.40. The monoisotopic (exact) mass is 408 g/mol. The molecule has 0 saturated heterocycles. The van der Waals surface area contributed by atoms with Gasteiger partial charge in [0.1, 0.15) is 5.65 Å². The van der Waals surface area contributed by atoms with Crippen LogP contribution in [0, 0.1) is 17.8 Å². The Kier molecular flexibility index (Phi) is 3.74. The van der Waals surface area contributed by atoms with Crippen LogP contribution in [0.1, 0.15) is 42.8 Å². The Morgan fingerprint density at radius 1 is 1.27 bits per heavy atom. The van der Waals surface area contributed by atoms with Gasteiger partial charge < -0.3 is 25.1 Å². The van der Waals surface area contributed by atoms with Gasteiger partial charge in [-0.3, -0.25) is 4.79 Å². The molecular weight excluding hydrogens is 384 g/mol. The highest BCUT2D eigenvalue weighted by molar-refractivity contribution is 5.97. The molecule has 9 heteroatoms. The number of anilines is 1. The van der Waals surface area contributed by atoms with E-state index in [1.54, 1.807) is 6.20 Å². The van der Waals surface area contributed by atoms with Crippen LogP contribution in [0.2, 0.25) is 0 Å². The van der Waals surface area contributed by atoms with Crippen LogP contribution in [0.3, 0.4) is 0 Å². The molecule has 4 aliphatic carbocycles. The van der Waals surface area contributed by atoms with Gasteiger partial charge in [-0.2, -0.15) is 0 Å². The third-order valence-corrected chi connectivity index (χ3v) is 7.22. The zero-order chi connectivity index (χ0) is 20.5. The van der Waals surface area contributed by atoms with Crippen molar-refractivity contribution in [2.24, 2.45) is 17.8 Å². The van der Waals surface area contributed by atoms with Crippen molar-refractivity contribution in [2.75, 3.05) is 12.4 Å². The third kappa shape index (κ3) is 2.64. The Morgan fingerprint density at radius 2 is 2.07 bits per heavy atom. The van der Waals surface area contributed by atoms with E-state index < -0.39 is 11.5 Å². The second-order valence-corrected chi connectivity index (χ2v) is 9.14. The van der Waals surface area contributed by atoms with Gasteiger partial charge in [0, 0.05) is 30.9 Å². The van der Waals surface area contributed by atoms with Crippen LogP contribution in [0.25, 0.3) is 22.5 Å². The van der Waals surface area contributed by atoms with Gasteiger partial charge in [0.2, 0.25) is 0 Å². The summed E-state index contributed by atoms with van der Waals surface area (Å²) in [5, 5.41) is 26.1. The zero-order valence-electron chi connectivity index (χ0n) is 16.7. The first-order valence-electron chi connectivity index (χ1n) is 10.5. The van der Waals surface area contributed by atoms with Crippen molar-refractivity contribution in [3.63, 3.8) is 0 Å². The lowest BCUT2D eigenvalue weighted by atomic mass is 9.52. The van der Waals surface area contributed by atoms with E-state index in [4.69, 9.17) is 4.42 Å². The summed E-state index contributed by atoms with van der Waals surface area (Å²) in [5.41, 5.74) is 1.86. The molecule has 0 aliphatic heterocycles. The quantitative estimate of drug-likeness (QED) is 0.521. The van der Waals surface area contributed by atoms with Gasteiger partial charge in [0.25, 0.3) is 5.89 Å². The summed E-state index contributed by atoms with van der Waals surface area (Å²) < 4.78 is 5.65. The van der Waals surface area contributed by atoms with Crippen molar-refractivity contribution in [3.05, 3.63) is 24.4 Å². The lowest BCUT2D eigenvalue weighted by Gasteiger charge is -2.58. The fourth-order valence-corrected chi connectivity index (χ4v) is 6.24. The molecule has 156 valence electrons. The Bertz CT molecular complexity index is 1120. The molecule has 3 aromatic heterocycles. The maximum absolute atomic E-state index is 11.9. The SMILES string of the molecule is CNC(=O)c1nnc(-c2cnc3[nH]ccc3c2N[C@H]2[C@@H]3CC4C[C@H]2C[C@@](O)(C4)C3)o1. The van der Waals surface area contributed by atoms with Crippen LogP contribution >= 0.6 is 0 Å². The summed E-state index contributed by atoms with van der Waals surface area (Å²) in [5.74, 6) is 1.29. The highest BCUT2D eigenvalue weighted by Crippen LogP contribution is 2.56. The molecule has 9 nitrogen and oxygen atoms in total. The third-order valence-electron chi connectivity index (χ3n) is 7.22. The number of hydrogen-bond donors (Lipinski definition) is 4. The predicted octanol–water partition coefficient (Wildman–Crippen LogP) is 2.32. The molecule has 4 fully saturated rings. The summed E-state index contributed by atoms with van der Waals surface area (Å²) in [4.78, 5) is 19.5. The average Bonchev–Trinajstić information content (AvgIpc) is 3.38. The van der Waals surface area contributed by atoms with E-state index in [0.717, 1.165) is 48.8 Å². The fourth-order valence-electron chi connectivity index (χ4n) is 6.24. The van der Waals surface area contributed by atoms with Crippen LogP contribution in [-0.2, 0) is 0 Å². The first kappa shape index (κ1) is 17.9. The van der Waals surface area contributed by atoms with E-state index >= 15 is 0 Å². The number of rotatable bonds is 4. The van der Waals surface area contributed by atoms with Crippen molar-refractivity contribution < 1.29 is 14.3 Å². The first-order chi connectivity index (χ1) is 14.5. The number of nitrogens with zero attached hydrogens (tertiary/aromatic N) is 3. The summed E-state index contributed by atoms with van der Waals surface area (Å²) in [6, 6.07) is 2.26. The van der Waals surface area contributed by atoms with E-state index in [1.807, 2.05) is 12.3 Å². The Labute approximate surface area is 172 Å². The van der Waals surface area contributed by atoms with Crippen molar-refractivity contribution in [1.29, 1.82) is 0 Å². The summed E-state index contributed by atoms with van der Waals surface area (Å²) >= 11 is 0. The molecule has 3 aromatic rings. The van der Waals surface area contributed by atoms with E-state index in [9.17, 15) is 9.90 Å². The average molecular weight is 408 g/mol. The molecule has 3 heterocycles. The van der Waals surface area contributed by atoms with E-state index in [-0.39, 0.29) is 17.8 Å². The molecule has 4 bridgehead atoms. The Morgan fingerprint density at radius 3 is 2.80 bits per heavy atom. The van der Waals surface area contributed by atoms with Gasteiger partial charge in [-0.1, -0.05) is 0 Å². The molecule has 1 amide bonds. The number of carbonyl (C=O) groups is 1. The smallest absolute Gasteiger partial charge is 0.308 e. The number of aliphatic hydroxyl groups is 1. The number of carbonyl (C=O) groups excluding carboxylic acids is 1. The lowest BCUT2D eigenvalue weighted by Crippen LogP contribution is -2.59. The van der Waals surface area contributed by atoms with Gasteiger partial charge in [0.15, 0.2) is 0 Å². The van der Waals surface area contributed by atoms with E-state index in [2.05, 4.69) is 30.8 Å². The van der Waals surface area contributed by atoms with Crippen molar-refractivity contribution in [1.82, 2.24) is 25.5 Å². The maximum atomic E-state index is 11.9. The first-order valence-corrected chi connectivity index (χ1v) is 10.5. The maximum Gasteiger partial charge on any atom is 0.308 e. The van der Waals surface area contributed by atoms with E-state index in [0.29, 0.717) is 23.3 Å². The second-order valence-electron chi connectivity index (χ2n) is 9.14. The molecule has 0 aromatic carbocycles. The highest BCUT2D eigenvalue weighted by Gasteiger charge is 2.54. The number of fused-ring (bicyclic) bond motifs is 1. The molecule has 4 aliphatic rings. The minimum atomic E-state index is -0.478. The molecule has 30 heavy (non-hydrogen) atoms. The molecule has 7 rings (SSSR count). The van der Waals surface area contributed by atoms with Crippen molar-refractivity contribution in [3.8, 4) is 11.5 Å². The van der Waals surface area contributed by atoms with Gasteiger partial charge in [-0.25, -0.2) is 4.98 Å². The van der Waals surface area contributed by atoms with Crippen LogP contribution in [-0.4, -0.2) is 49.9 Å². The van der Waals surface area contributed by atoms with Crippen LogP contribution in [0.4, 0.5) is 5.69 Å². The number of H-pyrrole nitrogens is 1. The number of hydrogen-bond acceptors (Lipinski definition) is 7. The number of amides is 1. The van der Waals surface area contributed by atoms with Gasteiger partial charge in [-0.05, 0) is 55.9 Å². The normalized spacial score (nSPS) is 31.9. The topological polar surface area (TPSA) is 129 Å². The number of nitrogens with one attached hydrogen (secondary N) is 3. The number of pyridine rings is 1. The Hall–Kier alpha value is -2.94. The number of aromatic nitrogens is 4. The minimum absolute atomic E-state index is 0.0792. The van der Waals surface area contributed by atoms with Gasteiger partial charge in [0.05, 0.1) is 16.9 Å². The lowest BCUT2D eigenvalue weighted by molar-refractivity contribution is -0.129. The van der Waals surface area contributed by atoms with Crippen molar-refractivity contribution in [2.45, 2.75) is 43.7 Å². The summed E-state index contributed by atoms with van der Waals surface area (Å²) in [7, 11) is 1.52. The minimum Gasteiger partial charge on any atom is -0.412 e.